The SMILES string of the molecule is COc1cccc(NC2=C(c3ccc(C)cc3C)C(=O)N(c3ccc(C#N)cc3)C2=O)c1. The number of hydrogen-bond donors (Lipinski definition) is 1. The zero-order valence-corrected chi connectivity index (χ0v) is 18.0. The van der Waals surface area contributed by atoms with Crippen molar-refractivity contribution in [3.05, 3.63) is 94.7 Å². The van der Waals surface area contributed by atoms with Crippen LogP contribution in [0.4, 0.5) is 11.4 Å². The highest BCUT2D eigenvalue weighted by molar-refractivity contribution is 6.46. The van der Waals surface area contributed by atoms with E-state index in [0.717, 1.165) is 16.0 Å². The number of carbonyl (C=O) groups is 2. The van der Waals surface area contributed by atoms with E-state index in [4.69, 9.17) is 10.00 Å². The first-order chi connectivity index (χ1) is 15.4. The summed E-state index contributed by atoms with van der Waals surface area (Å²) in [6.45, 7) is 3.89. The quantitative estimate of drug-likeness (QED) is 0.608. The maximum absolute atomic E-state index is 13.5. The van der Waals surface area contributed by atoms with E-state index in [0.29, 0.717) is 33.8 Å². The van der Waals surface area contributed by atoms with Crippen molar-refractivity contribution in [2.45, 2.75) is 13.8 Å². The van der Waals surface area contributed by atoms with Crippen molar-refractivity contribution < 1.29 is 14.3 Å². The molecule has 158 valence electrons. The van der Waals surface area contributed by atoms with Gasteiger partial charge in [0.15, 0.2) is 0 Å². The van der Waals surface area contributed by atoms with Gasteiger partial charge in [-0.3, -0.25) is 9.59 Å². The number of nitrogens with zero attached hydrogens (tertiary/aromatic N) is 2. The normalized spacial score (nSPS) is 13.4. The van der Waals surface area contributed by atoms with Gasteiger partial charge in [-0.2, -0.15) is 5.26 Å². The second kappa shape index (κ2) is 8.40. The second-order valence-corrected chi connectivity index (χ2v) is 7.53. The Kier molecular flexibility index (Phi) is 5.48. The second-order valence-electron chi connectivity index (χ2n) is 7.53. The minimum atomic E-state index is -0.461. The molecule has 0 atom stereocenters. The van der Waals surface area contributed by atoms with Gasteiger partial charge < -0.3 is 10.1 Å². The Hall–Kier alpha value is -4.37. The predicted molar refractivity (Wildman–Crippen MR) is 123 cm³/mol. The van der Waals surface area contributed by atoms with Crippen molar-refractivity contribution in [1.29, 1.82) is 5.26 Å². The van der Waals surface area contributed by atoms with Crippen LogP contribution < -0.4 is 15.0 Å². The number of methoxy groups -OCH3 is 1. The van der Waals surface area contributed by atoms with Crippen LogP contribution in [0.15, 0.2) is 72.4 Å². The summed E-state index contributed by atoms with van der Waals surface area (Å²) in [6.07, 6.45) is 0. The molecule has 0 saturated heterocycles. The molecule has 0 radical (unpaired) electrons. The fraction of sp³-hybridized carbons (Fsp3) is 0.115. The predicted octanol–water partition coefficient (Wildman–Crippen LogP) is 4.58. The summed E-state index contributed by atoms with van der Waals surface area (Å²) < 4.78 is 5.28. The van der Waals surface area contributed by atoms with Crippen LogP contribution in [-0.4, -0.2) is 18.9 Å². The lowest BCUT2D eigenvalue weighted by molar-refractivity contribution is -0.120. The van der Waals surface area contributed by atoms with Crippen LogP contribution >= 0.6 is 0 Å². The van der Waals surface area contributed by atoms with Crippen LogP contribution in [0.5, 0.6) is 5.75 Å². The number of ether oxygens (including phenoxy) is 1. The van der Waals surface area contributed by atoms with Gasteiger partial charge >= 0.3 is 0 Å². The third-order valence-corrected chi connectivity index (χ3v) is 5.33. The topological polar surface area (TPSA) is 82.4 Å². The summed E-state index contributed by atoms with van der Waals surface area (Å²) in [5.41, 5.74) is 4.63. The molecule has 1 N–H and O–H groups in total. The molecule has 3 aromatic carbocycles. The first-order valence-corrected chi connectivity index (χ1v) is 10.0. The standard InChI is InChI=1S/C26H21N3O3/c1-16-7-12-22(17(2)13-16)23-24(28-19-5-4-6-21(14-19)32-3)26(31)29(25(23)30)20-10-8-18(15-27)9-11-20/h4-14,28H,1-3H3. The molecule has 0 saturated carbocycles. The zero-order chi connectivity index (χ0) is 22.8. The molecule has 6 nitrogen and oxygen atoms in total. The number of hydrogen-bond acceptors (Lipinski definition) is 5. The third kappa shape index (κ3) is 3.72. The number of aryl methyl sites for hydroxylation is 2. The molecule has 2 amide bonds. The number of rotatable bonds is 5. The summed E-state index contributed by atoms with van der Waals surface area (Å²) in [7, 11) is 1.57. The lowest BCUT2D eigenvalue weighted by atomic mass is 9.97. The molecule has 1 heterocycles. The fourth-order valence-corrected chi connectivity index (χ4v) is 3.75. The summed E-state index contributed by atoms with van der Waals surface area (Å²) in [6, 6.07) is 21.3. The van der Waals surface area contributed by atoms with E-state index in [-0.39, 0.29) is 5.70 Å². The summed E-state index contributed by atoms with van der Waals surface area (Å²) in [4.78, 5) is 28.2. The van der Waals surface area contributed by atoms with Crippen molar-refractivity contribution in [1.82, 2.24) is 0 Å². The average molecular weight is 423 g/mol. The van der Waals surface area contributed by atoms with E-state index in [1.54, 1.807) is 55.6 Å². The van der Waals surface area contributed by atoms with Crippen molar-refractivity contribution in [2.75, 3.05) is 17.3 Å². The van der Waals surface area contributed by atoms with Gasteiger partial charge in [-0.1, -0.05) is 29.8 Å². The van der Waals surface area contributed by atoms with Crippen molar-refractivity contribution in [3.63, 3.8) is 0 Å². The van der Waals surface area contributed by atoms with Gasteiger partial charge in [0.25, 0.3) is 11.8 Å². The highest BCUT2D eigenvalue weighted by Crippen LogP contribution is 2.35. The molecule has 0 unspecified atom stereocenters. The molecule has 1 aliphatic rings. The molecule has 4 rings (SSSR count). The van der Waals surface area contributed by atoms with Gasteiger partial charge in [-0.15, -0.1) is 0 Å². The fourth-order valence-electron chi connectivity index (χ4n) is 3.75. The Bertz CT molecular complexity index is 1300. The molecule has 3 aromatic rings. The first kappa shape index (κ1) is 20.9. The number of carbonyl (C=O) groups excluding carboxylic acids is 2. The number of amides is 2. The van der Waals surface area contributed by atoms with Crippen LogP contribution in [0.3, 0.4) is 0 Å². The van der Waals surface area contributed by atoms with Crippen molar-refractivity contribution in [3.8, 4) is 11.8 Å². The molecule has 6 heteroatoms. The van der Waals surface area contributed by atoms with Crippen LogP contribution in [0.25, 0.3) is 5.57 Å². The number of benzene rings is 3. The Labute approximate surface area is 186 Å². The maximum Gasteiger partial charge on any atom is 0.282 e. The van der Waals surface area contributed by atoms with Crippen molar-refractivity contribution >= 4 is 28.8 Å². The van der Waals surface area contributed by atoms with Crippen LogP contribution in [0, 0.1) is 25.2 Å². The highest BCUT2D eigenvalue weighted by atomic mass is 16.5. The molecular formula is C26H21N3O3. The van der Waals surface area contributed by atoms with E-state index in [1.807, 2.05) is 38.1 Å². The maximum atomic E-state index is 13.5. The number of nitriles is 1. The molecule has 0 aromatic heterocycles. The Morgan fingerprint density at radius 3 is 2.34 bits per heavy atom. The zero-order valence-electron chi connectivity index (χ0n) is 18.0. The molecule has 0 fully saturated rings. The van der Waals surface area contributed by atoms with E-state index >= 15 is 0 Å². The first-order valence-electron chi connectivity index (χ1n) is 10.0. The van der Waals surface area contributed by atoms with E-state index < -0.39 is 11.8 Å². The largest absolute Gasteiger partial charge is 0.497 e. The van der Waals surface area contributed by atoms with Gasteiger partial charge in [0.05, 0.1) is 30.0 Å². The van der Waals surface area contributed by atoms with Crippen LogP contribution in [0.1, 0.15) is 22.3 Å². The molecule has 0 aliphatic carbocycles. The van der Waals surface area contributed by atoms with Gasteiger partial charge in [0.2, 0.25) is 0 Å². The van der Waals surface area contributed by atoms with E-state index in [2.05, 4.69) is 5.32 Å². The Morgan fingerprint density at radius 1 is 0.938 bits per heavy atom. The van der Waals surface area contributed by atoms with Crippen LogP contribution in [0.2, 0.25) is 0 Å². The minimum Gasteiger partial charge on any atom is -0.497 e. The third-order valence-electron chi connectivity index (χ3n) is 5.33. The number of nitrogens with one attached hydrogen (secondary N) is 1. The number of anilines is 2. The number of imide groups is 1. The van der Waals surface area contributed by atoms with Crippen molar-refractivity contribution in [2.24, 2.45) is 0 Å². The minimum absolute atomic E-state index is 0.194. The van der Waals surface area contributed by atoms with Gasteiger partial charge in [-0.25, -0.2) is 4.90 Å². The molecule has 1 aliphatic heterocycles. The monoisotopic (exact) mass is 423 g/mol. The Morgan fingerprint density at radius 2 is 1.69 bits per heavy atom. The average Bonchev–Trinajstić information content (AvgIpc) is 3.03. The van der Waals surface area contributed by atoms with Gasteiger partial charge in [0.1, 0.15) is 11.4 Å². The smallest absolute Gasteiger partial charge is 0.282 e. The van der Waals surface area contributed by atoms with E-state index in [1.165, 1.54) is 0 Å². The summed E-state index contributed by atoms with van der Waals surface area (Å²) in [5.74, 6) is -0.251. The summed E-state index contributed by atoms with van der Waals surface area (Å²) >= 11 is 0. The molecule has 32 heavy (non-hydrogen) atoms. The molecule has 0 spiro atoms. The molecule has 0 bridgehead atoms. The highest BCUT2D eigenvalue weighted by Gasteiger charge is 2.40. The lowest BCUT2D eigenvalue weighted by Crippen LogP contribution is -2.32. The summed E-state index contributed by atoms with van der Waals surface area (Å²) in [5, 5.41) is 12.2. The van der Waals surface area contributed by atoms with Gasteiger partial charge in [0, 0.05) is 11.8 Å². The van der Waals surface area contributed by atoms with E-state index in [9.17, 15) is 9.59 Å². The Balaban J connectivity index is 1.84. The van der Waals surface area contributed by atoms with Crippen LogP contribution in [-0.2, 0) is 9.59 Å². The lowest BCUT2D eigenvalue weighted by Gasteiger charge is -2.15. The molecular weight excluding hydrogens is 402 g/mol. The van der Waals surface area contributed by atoms with Gasteiger partial charge in [-0.05, 0) is 61.4 Å².